The average Bonchev–Trinajstić information content (AvgIpc) is 3.16. The van der Waals surface area contributed by atoms with Crippen molar-refractivity contribution in [3.8, 4) is 0 Å². The van der Waals surface area contributed by atoms with Gasteiger partial charge in [-0.3, -0.25) is 23.4 Å². The third-order valence-corrected chi connectivity index (χ3v) is 6.30. The monoisotopic (exact) mass is 463 g/mol. The minimum Gasteiger partial charge on any atom is -0.461 e. The van der Waals surface area contributed by atoms with Crippen LogP contribution in [0.5, 0.6) is 0 Å². The minimum atomic E-state index is -4.08. The Balaban J connectivity index is 1.83. The number of rotatable bonds is 9. The number of Topliss-reactive ketones (excluding diaryl/α,β-unsaturated/α-hetero) is 1. The summed E-state index contributed by atoms with van der Waals surface area (Å²) in [6, 6.07) is 0. The number of hydrogen-bond acceptors (Lipinski definition) is 10. The Morgan fingerprint density at radius 2 is 1.90 bits per heavy atom. The van der Waals surface area contributed by atoms with E-state index in [0.717, 1.165) is 13.0 Å². The fraction of sp³-hybridized carbons (Fsp3) is 0.850. The van der Waals surface area contributed by atoms with Crippen molar-refractivity contribution in [2.45, 2.75) is 72.5 Å². The lowest BCUT2D eigenvalue weighted by Crippen LogP contribution is -2.45. The van der Waals surface area contributed by atoms with Crippen LogP contribution < -0.4 is 5.32 Å². The topological polar surface area (TPSA) is 126 Å². The first-order valence-corrected chi connectivity index (χ1v) is 12.0. The first kappa shape index (κ1) is 25.9. The highest BCUT2D eigenvalue weighted by Crippen LogP contribution is 2.57. The molecule has 0 aliphatic carbocycles. The first-order chi connectivity index (χ1) is 14.3. The van der Waals surface area contributed by atoms with E-state index in [2.05, 4.69) is 5.32 Å². The average molecular weight is 463 g/mol. The van der Waals surface area contributed by atoms with Crippen molar-refractivity contribution < 1.29 is 42.0 Å². The van der Waals surface area contributed by atoms with Crippen LogP contribution in [0.1, 0.15) is 60.3 Å². The van der Waals surface area contributed by atoms with Gasteiger partial charge in [0.05, 0.1) is 12.0 Å². The summed E-state index contributed by atoms with van der Waals surface area (Å²) in [7, 11) is -4.08. The van der Waals surface area contributed by atoms with Crippen LogP contribution in [0.25, 0.3) is 0 Å². The number of esters is 2. The number of ether oxygens (including phenoxy) is 2. The van der Waals surface area contributed by atoms with E-state index in [1.807, 2.05) is 0 Å². The Labute approximate surface area is 183 Å². The van der Waals surface area contributed by atoms with Crippen molar-refractivity contribution in [2.24, 2.45) is 10.8 Å². The molecule has 2 fully saturated rings. The van der Waals surface area contributed by atoms with Crippen molar-refractivity contribution in [2.75, 3.05) is 26.5 Å². The van der Waals surface area contributed by atoms with E-state index in [1.54, 1.807) is 34.6 Å². The minimum absolute atomic E-state index is 0.0371. The summed E-state index contributed by atoms with van der Waals surface area (Å²) in [6.45, 7) is 9.33. The quantitative estimate of drug-likeness (QED) is 0.310. The van der Waals surface area contributed by atoms with Crippen molar-refractivity contribution in [1.82, 2.24) is 5.32 Å². The fourth-order valence-electron chi connectivity index (χ4n) is 3.06. The molecule has 2 saturated heterocycles. The van der Waals surface area contributed by atoms with E-state index in [-0.39, 0.29) is 37.3 Å². The van der Waals surface area contributed by atoms with Crippen molar-refractivity contribution in [3.63, 3.8) is 0 Å². The maximum atomic E-state index is 12.8. The summed E-state index contributed by atoms with van der Waals surface area (Å²) in [5, 5.41) is 3.11. The zero-order chi connectivity index (χ0) is 23.3. The number of ketones is 1. The van der Waals surface area contributed by atoms with Crippen LogP contribution in [0.4, 0.5) is 0 Å². The van der Waals surface area contributed by atoms with Crippen LogP contribution >= 0.6 is 7.82 Å². The molecule has 0 aromatic carbocycles. The maximum absolute atomic E-state index is 12.8. The summed E-state index contributed by atoms with van der Waals surface area (Å²) >= 11 is 0. The zero-order valence-electron chi connectivity index (χ0n) is 18.9. The lowest BCUT2D eigenvalue weighted by molar-refractivity contribution is -0.163. The van der Waals surface area contributed by atoms with Gasteiger partial charge in [0.2, 0.25) is 6.79 Å². The van der Waals surface area contributed by atoms with Gasteiger partial charge in [-0.15, -0.1) is 0 Å². The molecule has 0 radical (unpaired) electrons. The van der Waals surface area contributed by atoms with E-state index in [1.165, 1.54) is 0 Å². The van der Waals surface area contributed by atoms with Crippen LogP contribution in [-0.4, -0.2) is 56.4 Å². The first-order valence-electron chi connectivity index (χ1n) is 10.5. The molecule has 1 N–H and O–H groups in total. The highest BCUT2D eigenvalue weighted by atomic mass is 31.2. The van der Waals surface area contributed by atoms with Crippen molar-refractivity contribution in [1.29, 1.82) is 0 Å². The standard InChI is InChI=1S/C20H34NO9P/c1-19(2,3)18(24)26-13-28-31(25)27-12-20(4,5)17(30-31)15(22)7-6-8-16(23)29-14-9-10-21-11-14/h14,17,21H,6-13H2,1-5H3/t14?,17-,31+/m0/s1. The molecular weight excluding hydrogens is 429 g/mol. The van der Waals surface area contributed by atoms with Gasteiger partial charge in [0, 0.05) is 24.8 Å². The molecule has 2 heterocycles. The van der Waals surface area contributed by atoms with Crippen LogP contribution in [0.15, 0.2) is 0 Å². The molecule has 0 spiro atoms. The third-order valence-electron chi connectivity index (χ3n) is 4.96. The molecule has 10 nitrogen and oxygen atoms in total. The summed E-state index contributed by atoms with van der Waals surface area (Å²) in [5.74, 6) is -1.19. The molecular formula is C20H34NO9P. The predicted octanol–water partition coefficient (Wildman–Crippen LogP) is 2.74. The molecule has 0 aromatic rings. The van der Waals surface area contributed by atoms with E-state index < -0.39 is 37.5 Å². The number of phosphoric ester groups is 1. The second kappa shape index (κ2) is 10.5. The number of nitrogens with one attached hydrogen (secondary N) is 1. The van der Waals surface area contributed by atoms with E-state index in [4.69, 9.17) is 23.0 Å². The van der Waals surface area contributed by atoms with E-state index in [0.29, 0.717) is 13.0 Å². The maximum Gasteiger partial charge on any atom is 0.478 e. The number of hydrogen-bond donors (Lipinski definition) is 1. The molecule has 0 amide bonds. The molecule has 2 rings (SSSR count). The smallest absolute Gasteiger partial charge is 0.461 e. The van der Waals surface area contributed by atoms with Gasteiger partial charge < -0.3 is 14.8 Å². The second-order valence-electron chi connectivity index (χ2n) is 9.55. The molecule has 0 bridgehead atoms. The summed E-state index contributed by atoms with van der Waals surface area (Å²) < 4.78 is 38.7. The van der Waals surface area contributed by atoms with Gasteiger partial charge in [-0.2, -0.15) is 0 Å². The van der Waals surface area contributed by atoms with Gasteiger partial charge in [-0.25, -0.2) is 9.09 Å². The fourth-order valence-corrected chi connectivity index (χ4v) is 4.59. The Kier molecular flexibility index (Phi) is 8.81. The lowest BCUT2D eigenvalue weighted by atomic mass is 9.84. The molecule has 1 unspecified atom stereocenters. The summed E-state index contributed by atoms with van der Waals surface area (Å²) in [6.07, 6.45) is 0.100. The molecule has 0 saturated carbocycles. The Bertz CT molecular complexity index is 710. The highest BCUT2D eigenvalue weighted by molar-refractivity contribution is 7.48. The van der Waals surface area contributed by atoms with Gasteiger partial charge in [0.15, 0.2) is 5.78 Å². The second-order valence-corrected chi connectivity index (χ2v) is 11.2. The van der Waals surface area contributed by atoms with Crippen molar-refractivity contribution >= 4 is 25.5 Å². The van der Waals surface area contributed by atoms with Gasteiger partial charge in [-0.05, 0) is 40.2 Å². The third kappa shape index (κ3) is 7.95. The summed E-state index contributed by atoms with van der Waals surface area (Å²) in [5.41, 5.74) is -1.49. The van der Waals surface area contributed by atoms with E-state index >= 15 is 0 Å². The normalized spacial score (nSPS) is 28.2. The largest absolute Gasteiger partial charge is 0.478 e. The Morgan fingerprint density at radius 3 is 2.52 bits per heavy atom. The van der Waals surface area contributed by atoms with E-state index in [9.17, 15) is 18.9 Å². The zero-order valence-corrected chi connectivity index (χ0v) is 19.8. The number of phosphoric acid groups is 1. The Morgan fingerprint density at radius 1 is 1.19 bits per heavy atom. The number of carbonyl (C=O) groups excluding carboxylic acids is 3. The molecule has 31 heavy (non-hydrogen) atoms. The molecule has 2 aliphatic rings. The van der Waals surface area contributed by atoms with Crippen molar-refractivity contribution in [3.05, 3.63) is 0 Å². The predicted molar refractivity (Wildman–Crippen MR) is 110 cm³/mol. The van der Waals surface area contributed by atoms with Crippen LogP contribution in [-0.2, 0) is 42.0 Å². The molecule has 178 valence electrons. The highest BCUT2D eigenvalue weighted by Gasteiger charge is 2.48. The van der Waals surface area contributed by atoms with Gasteiger partial charge >= 0.3 is 19.8 Å². The lowest BCUT2D eigenvalue weighted by Gasteiger charge is -2.39. The van der Waals surface area contributed by atoms with Crippen LogP contribution in [0.2, 0.25) is 0 Å². The number of carbonyl (C=O) groups is 3. The molecule has 3 atom stereocenters. The van der Waals surface area contributed by atoms with Gasteiger partial charge in [0.1, 0.15) is 12.2 Å². The Hall–Kier alpha value is -1.32. The van der Waals surface area contributed by atoms with Crippen LogP contribution in [0, 0.1) is 10.8 Å². The SMILES string of the molecule is CC(C)(C)C(=O)OCO[P@@]1(=O)OCC(C)(C)[C@H](C(=O)CCCC(=O)OC2CCNC2)O1. The summed E-state index contributed by atoms with van der Waals surface area (Å²) in [4.78, 5) is 36.4. The molecule has 0 aromatic heterocycles. The molecule has 2 aliphatic heterocycles. The van der Waals surface area contributed by atoms with Crippen LogP contribution in [0.3, 0.4) is 0 Å². The van der Waals surface area contributed by atoms with Gasteiger partial charge in [0.25, 0.3) is 0 Å². The molecule has 11 heteroatoms. The van der Waals surface area contributed by atoms with Gasteiger partial charge in [-0.1, -0.05) is 13.8 Å².